The van der Waals surface area contributed by atoms with Crippen LogP contribution in [0.3, 0.4) is 0 Å². The van der Waals surface area contributed by atoms with E-state index in [4.69, 9.17) is 28.4 Å². The van der Waals surface area contributed by atoms with Crippen LogP contribution in [0, 0.1) is 0 Å². The average molecular weight is 421 g/mol. The number of benzene rings is 1. The highest BCUT2D eigenvalue weighted by atomic mass is 16.8. The van der Waals surface area contributed by atoms with E-state index in [0.717, 1.165) is 5.56 Å². The third-order valence-electron chi connectivity index (χ3n) is 5.48. The quantitative estimate of drug-likeness (QED) is 0.699. The summed E-state index contributed by atoms with van der Waals surface area (Å²) in [6, 6.07) is 9.38. The second-order valence-corrected chi connectivity index (χ2v) is 8.93. The molecule has 8 nitrogen and oxygen atoms in total. The van der Waals surface area contributed by atoms with Crippen molar-refractivity contribution in [1.82, 2.24) is 5.32 Å². The van der Waals surface area contributed by atoms with Crippen LogP contribution in [0.25, 0.3) is 0 Å². The third-order valence-corrected chi connectivity index (χ3v) is 5.48. The van der Waals surface area contributed by atoms with E-state index < -0.39 is 42.2 Å². The summed E-state index contributed by atoms with van der Waals surface area (Å²) in [4.78, 5) is 12.8. The second-order valence-electron chi connectivity index (χ2n) is 8.93. The molecule has 3 aliphatic heterocycles. The Balaban J connectivity index is 1.42. The van der Waals surface area contributed by atoms with Gasteiger partial charge in [0, 0.05) is 6.54 Å². The minimum atomic E-state index is -0.811. The molecule has 166 valence electrons. The molecule has 3 heterocycles. The van der Waals surface area contributed by atoms with Gasteiger partial charge in [0.25, 0.3) is 0 Å². The van der Waals surface area contributed by atoms with E-state index in [1.165, 1.54) is 0 Å². The Hall–Kier alpha value is -1.55. The van der Waals surface area contributed by atoms with Crippen molar-refractivity contribution in [3.8, 4) is 0 Å². The highest BCUT2D eigenvalue weighted by Gasteiger charge is 2.60. The SMILES string of the molecule is C[C@H](NCc1ccccc1)C(=O)O[C@@H]1[C@H]2OC(C)(C)O[C@H]2O[C@@H]1[C@H]1COC(C)(C)O1. The number of ether oxygens (including phenoxy) is 6. The number of esters is 1. The van der Waals surface area contributed by atoms with E-state index in [9.17, 15) is 4.79 Å². The van der Waals surface area contributed by atoms with Crippen molar-refractivity contribution in [2.75, 3.05) is 6.61 Å². The van der Waals surface area contributed by atoms with Crippen LogP contribution < -0.4 is 5.32 Å². The minimum absolute atomic E-state index is 0.344. The van der Waals surface area contributed by atoms with E-state index in [0.29, 0.717) is 13.2 Å². The van der Waals surface area contributed by atoms with Crippen molar-refractivity contribution in [3.63, 3.8) is 0 Å². The lowest BCUT2D eigenvalue weighted by atomic mass is 10.1. The van der Waals surface area contributed by atoms with Crippen LogP contribution in [-0.2, 0) is 39.8 Å². The third kappa shape index (κ3) is 4.69. The fourth-order valence-corrected chi connectivity index (χ4v) is 4.00. The molecule has 0 saturated carbocycles. The first-order valence-corrected chi connectivity index (χ1v) is 10.4. The molecule has 3 aliphatic rings. The lowest BCUT2D eigenvalue weighted by Crippen LogP contribution is -2.47. The molecule has 3 saturated heterocycles. The van der Waals surface area contributed by atoms with Crippen LogP contribution in [0.15, 0.2) is 30.3 Å². The van der Waals surface area contributed by atoms with Crippen molar-refractivity contribution in [2.45, 2.75) is 89.5 Å². The summed E-state index contributed by atoms with van der Waals surface area (Å²) in [5.41, 5.74) is 1.09. The van der Waals surface area contributed by atoms with E-state index in [1.54, 1.807) is 6.92 Å². The zero-order valence-electron chi connectivity index (χ0n) is 18.1. The summed E-state index contributed by atoms with van der Waals surface area (Å²) in [6.07, 6.45) is -2.73. The van der Waals surface area contributed by atoms with Gasteiger partial charge in [-0.05, 0) is 40.2 Å². The number of hydrogen-bond acceptors (Lipinski definition) is 8. The van der Waals surface area contributed by atoms with Crippen molar-refractivity contribution >= 4 is 5.97 Å². The molecule has 30 heavy (non-hydrogen) atoms. The molecule has 0 unspecified atom stereocenters. The molecule has 1 N–H and O–H groups in total. The maximum atomic E-state index is 12.8. The Morgan fingerprint density at radius 3 is 2.50 bits per heavy atom. The van der Waals surface area contributed by atoms with Crippen molar-refractivity contribution in [2.24, 2.45) is 0 Å². The Bertz CT molecular complexity index is 753. The summed E-state index contributed by atoms with van der Waals surface area (Å²) < 4.78 is 35.4. The first-order valence-electron chi connectivity index (χ1n) is 10.4. The maximum Gasteiger partial charge on any atom is 0.323 e. The van der Waals surface area contributed by atoms with E-state index >= 15 is 0 Å². The van der Waals surface area contributed by atoms with Gasteiger partial charge in [0.05, 0.1) is 6.61 Å². The fourth-order valence-electron chi connectivity index (χ4n) is 4.00. The Kier molecular flexibility index (Phi) is 5.91. The average Bonchev–Trinajstić information content (AvgIpc) is 3.30. The van der Waals surface area contributed by atoms with Gasteiger partial charge >= 0.3 is 5.97 Å². The van der Waals surface area contributed by atoms with Crippen molar-refractivity contribution in [1.29, 1.82) is 0 Å². The second kappa shape index (κ2) is 8.18. The van der Waals surface area contributed by atoms with Crippen LogP contribution in [0.4, 0.5) is 0 Å². The summed E-state index contributed by atoms with van der Waals surface area (Å²) in [6.45, 7) is 9.99. The number of carbonyl (C=O) groups excluding carboxylic acids is 1. The summed E-state index contributed by atoms with van der Waals surface area (Å²) in [5, 5.41) is 3.20. The molecule has 0 amide bonds. The monoisotopic (exact) mass is 421 g/mol. The van der Waals surface area contributed by atoms with Gasteiger partial charge < -0.3 is 33.7 Å². The summed E-state index contributed by atoms with van der Waals surface area (Å²) in [7, 11) is 0. The highest BCUT2D eigenvalue weighted by Crippen LogP contribution is 2.42. The smallest absolute Gasteiger partial charge is 0.323 e. The van der Waals surface area contributed by atoms with Gasteiger partial charge in [-0.2, -0.15) is 0 Å². The van der Waals surface area contributed by atoms with Gasteiger partial charge in [0.1, 0.15) is 18.2 Å². The Labute approximate surface area is 177 Å². The fraction of sp³-hybridized carbons (Fsp3) is 0.682. The zero-order valence-corrected chi connectivity index (χ0v) is 18.1. The van der Waals surface area contributed by atoms with E-state index in [-0.39, 0.29) is 12.1 Å². The topological polar surface area (TPSA) is 84.5 Å². The first kappa shape index (κ1) is 21.7. The zero-order chi connectivity index (χ0) is 21.5. The van der Waals surface area contributed by atoms with Gasteiger partial charge in [0.2, 0.25) is 0 Å². The molecule has 6 atom stereocenters. The number of rotatable bonds is 6. The largest absolute Gasteiger partial charge is 0.455 e. The predicted molar refractivity (Wildman–Crippen MR) is 106 cm³/mol. The normalized spacial score (nSPS) is 35.2. The van der Waals surface area contributed by atoms with Gasteiger partial charge in [-0.25, -0.2) is 0 Å². The molecule has 0 aromatic heterocycles. The Morgan fingerprint density at radius 1 is 1.10 bits per heavy atom. The van der Waals surface area contributed by atoms with Crippen molar-refractivity contribution in [3.05, 3.63) is 35.9 Å². The molecule has 0 bridgehead atoms. The number of hydrogen-bond donors (Lipinski definition) is 1. The molecular weight excluding hydrogens is 390 g/mol. The molecule has 8 heteroatoms. The van der Waals surface area contributed by atoms with Crippen LogP contribution in [0.1, 0.15) is 40.2 Å². The van der Waals surface area contributed by atoms with E-state index in [1.807, 2.05) is 58.0 Å². The predicted octanol–water partition coefficient (Wildman–Crippen LogP) is 2.10. The molecular formula is C22H31NO7. The lowest BCUT2D eigenvalue weighted by Gasteiger charge is -2.29. The molecule has 0 aliphatic carbocycles. The summed E-state index contributed by atoms with van der Waals surface area (Å²) in [5.74, 6) is -1.91. The molecule has 0 spiro atoms. The number of nitrogens with one attached hydrogen (secondary N) is 1. The minimum Gasteiger partial charge on any atom is -0.455 e. The van der Waals surface area contributed by atoms with Crippen LogP contribution in [-0.4, -0.2) is 60.9 Å². The summed E-state index contributed by atoms with van der Waals surface area (Å²) >= 11 is 0. The number of carbonyl (C=O) groups is 1. The molecule has 1 aromatic carbocycles. The van der Waals surface area contributed by atoms with Crippen LogP contribution in [0.2, 0.25) is 0 Å². The van der Waals surface area contributed by atoms with Gasteiger partial charge in [-0.3, -0.25) is 4.79 Å². The Morgan fingerprint density at radius 2 is 1.83 bits per heavy atom. The first-order chi connectivity index (χ1) is 14.1. The number of fused-ring (bicyclic) bond motifs is 1. The molecule has 0 radical (unpaired) electrons. The van der Waals surface area contributed by atoms with Gasteiger partial charge in [0.15, 0.2) is 30.1 Å². The van der Waals surface area contributed by atoms with Crippen LogP contribution >= 0.6 is 0 Å². The maximum absolute atomic E-state index is 12.8. The van der Waals surface area contributed by atoms with Crippen molar-refractivity contribution < 1.29 is 33.2 Å². The van der Waals surface area contributed by atoms with E-state index in [2.05, 4.69) is 5.32 Å². The highest BCUT2D eigenvalue weighted by molar-refractivity contribution is 5.75. The molecule has 1 aromatic rings. The van der Waals surface area contributed by atoms with Crippen LogP contribution in [0.5, 0.6) is 0 Å². The lowest BCUT2D eigenvalue weighted by molar-refractivity contribution is -0.235. The molecule has 4 rings (SSSR count). The van der Waals surface area contributed by atoms with Gasteiger partial charge in [-0.1, -0.05) is 30.3 Å². The van der Waals surface area contributed by atoms with Gasteiger partial charge in [-0.15, -0.1) is 0 Å². The standard InChI is InChI=1S/C22H31NO7/c1-13(23-11-14-9-7-6-8-10-14)19(24)26-17-16(15-12-25-21(2,3)28-15)27-20-18(17)29-22(4,5)30-20/h6-10,13,15-18,20,23H,11-12H2,1-5H3/t13-,15+,16+,17-,18+,20+/m0/s1. The molecule has 3 fully saturated rings.